The molecule has 2 bridgehead atoms. The van der Waals surface area contributed by atoms with Crippen LogP contribution in [0.3, 0.4) is 0 Å². The van der Waals surface area contributed by atoms with Gasteiger partial charge in [-0.1, -0.05) is 6.07 Å². The van der Waals surface area contributed by atoms with E-state index in [1.54, 1.807) is 0 Å². The summed E-state index contributed by atoms with van der Waals surface area (Å²) in [4.78, 5) is 19.7. The normalized spacial score (nSPS) is 25.6. The third-order valence-electron chi connectivity index (χ3n) is 6.80. The first-order valence-corrected chi connectivity index (χ1v) is 11.8. The standard InChI is InChI=1S/C23H31N3O2S/c1-17-5-10-29-22(17)16-25-12-18-11-20(15-25)21-4-3-19(23(27)26(21)13-18)14-24-6-2-8-28-9-7-24/h3-5,10,18,20H,2,6-9,11-16H2,1H3/t18-,20+/m0/s1. The second-order valence-electron chi connectivity index (χ2n) is 8.96. The second kappa shape index (κ2) is 8.34. The Morgan fingerprint density at radius 2 is 2.00 bits per heavy atom. The van der Waals surface area contributed by atoms with Gasteiger partial charge in [0.2, 0.25) is 0 Å². The van der Waals surface area contributed by atoms with Crippen LogP contribution < -0.4 is 5.56 Å². The zero-order valence-corrected chi connectivity index (χ0v) is 18.1. The number of hydrogen-bond donors (Lipinski definition) is 0. The molecule has 0 aliphatic carbocycles. The molecule has 3 aliphatic heterocycles. The minimum atomic E-state index is 0.241. The van der Waals surface area contributed by atoms with Gasteiger partial charge in [-0.2, -0.15) is 0 Å². The van der Waals surface area contributed by atoms with Crippen molar-refractivity contribution in [2.24, 2.45) is 5.92 Å². The van der Waals surface area contributed by atoms with Gasteiger partial charge in [0.25, 0.3) is 5.56 Å². The minimum Gasteiger partial charge on any atom is -0.380 e. The summed E-state index contributed by atoms with van der Waals surface area (Å²) >= 11 is 1.87. The summed E-state index contributed by atoms with van der Waals surface area (Å²) in [6.07, 6.45) is 2.28. The van der Waals surface area contributed by atoms with Crippen LogP contribution in [-0.2, 0) is 24.4 Å². The van der Waals surface area contributed by atoms with Crippen molar-refractivity contribution in [3.05, 3.63) is 55.6 Å². The van der Waals surface area contributed by atoms with Gasteiger partial charge in [-0.05, 0) is 48.8 Å². The summed E-state index contributed by atoms with van der Waals surface area (Å²) in [5, 5.41) is 2.20. The van der Waals surface area contributed by atoms with Crippen LogP contribution in [0.25, 0.3) is 0 Å². The van der Waals surface area contributed by atoms with Gasteiger partial charge in [0, 0.05) is 74.5 Å². The number of likely N-dealkylation sites (tertiary alicyclic amines) is 1. The number of pyridine rings is 1. The van der Waals surface area contributed by atoms with Gasteiger partial charge < -0.3 is 9.30 Å². The number of aryl methyl sites for hydroxylation is 1. The first-order valence-electron chi connectivity index (χ1n) is 11.0. The molecule has 5 rings (SSSR count). The highest BCUT2D eigenvalue weighted by Crippen LogP contribution is 2.36. The highest BCUT2D eigenvalue weighted by atomic mass is 32.1. The van der Waals surface area contributed by atoms with Gasteiger partial charge >= 0.3 is 0 Å². The molecule has 0 amide bonds. The average Bonchev–Trinajstić information content (AvgIpc) is 2.95. The lowest BCUT2D eigenvalue weighted by molar-refractivity contribution is 0.114. The number of nitrogens with zero attached hydrogens (tertiary/aromatic N) is 3. The summed E-state index contributed by atoms with van der Waals surface area (Å²) in [5.74, 6) is 1.07. The lowest BCUT2D eigenvalue weighted by Gasteiger charge is -2.43. The molecule has 0 aromatic carbocycles. The monoisotopic (exact) mass is 413 g/mol. The summed E-state index contributed by atoms with van der Waals surface area (Å²) in [5.41, 5.74) is 3.85. The molecular weight excluding hydrogens is 382 g/mol. The van der Waals surface area contributed by atoms with Crippen molar-refractivity contribution in [3.63, 3.8) is 0 Å². The molecule has 2 fully saturated rings. The quantitative estimate of drug-likeness (QED) is 0.772. The molecule has 2 aromatic heterocycles. The van der Waals surface area contributed by atoms with Crippen molar-refractivity contribution in [1.29, 1.82) is 0 Å². The Morgan fingerprint density at radius 3 is 2.86 bits per heavy atom. The Hall–Kier alpha value is -1.47. The number of hydrogen-bond acceptors (Lipinski definition) is 5. The van der Waals surface area contributed by atoms with Crippen LogP contribution in [0.5, 0.6) is 0 Å². The van der Waals surface area contributed by atoms with Gasteiger partial charge in [0.15, 0.2) is 0 Å². The molecule has 0 unspecified atom stereocenters. The highest BCUT2D eigenvalue weighted by molar-refractivity contribution is 7.10. The third-order valence-corrected chi connectivity index (χ3v) is 7.81. The third kappa shape index (κ3) is 4.08. The summed E-state index contributed by atoms with van der Waals surface area (Å²) in [6.45, 7) is 10.6. The Bertz CT molecular complexity index is 913. The lowest BCUT2D eigenvalue weighted by Crippen LogP contribution is -2.47. The van der Waals surface area contributed by atoms with Crippen molar-refractivity contribution in [3.8, 4) is 0 Å². The van der Waals surface area contributed by atoms with E-state index in [0.29, 0.717) is 11.8 Å². The lowest BCUT2D eigenvalue weighted by atomic mass is 9.83. The summed E-state index contributed by atoms with van der Waals surface area (Å²) in [6, 6.07) is 6.56. The van der Waals surface area contributed by atoms with Crippen molar-refractivity contribution in [2.75, 3.05) is 39.4 Å². The number of ether oxygens (including phenoxy) is 1. The zero-order valence-electron chi connectivity index (χ0n) is 17.3. The number of piperidine rings is 1. The smallest absolute Gasteiger partial charge is 0.255 e. The van der Waals surface area contributed by atoms with E-state index in [2.05, 4.69) is 44.9 Å². The maximum atomic E-state index is 13.3. The van der Waals surface area contributed by atoms with Crippen LogP contribution in [0.2, 0.25) is 0 Å². The molecule has 0 saturated carbocycles. The van der Waals surface area contributed by atoms with Crippen LogP contribution in [-0.4, -0.2) is 53.8 Å². The predicted octanol–water partition coefficient (Wildman–Crippen LogP) is 3.06. The van der Waals surface area contributed by atoms with Crippen LogP contribution in [0, 0.1) is 12.8 Å². The molecule has 3 aliphatic rings. The van der Waals surface area contributed by atoms with E-state index in [4.69, 9.17) is 4.74 Å². The van der Waals surface area contributed by atoms with E-state index < -0.39 is 0 Å². The van der Waals surface area contributed by atoms with E-state index >= 15 is 0 Å². The Kier molecular flexibility index (Phi) is 5.61. The summed E-state index contributed by atoms with van der Waals surface area (Å²) in [7, 11) is 0. The fourth-order valence-electron chi connectivity index (χ4n) is 5.31. The Balaban J connectivity index is 1.33. The van der Waals surface area contributed by atoms with Gasteiger partial charge in [-0.15, -0.1) is 11.3 Å². The highest BCUT2D eigenvalue weighted by Gasteiger charge is 2.35. The van der Waals surface area contributed by atoms with Crippen molar-refractivity contribution >= 4 is 11.3 Å². The second-order valence-corrected chi connectivity index (χ2v) is 9.96. The largest absolute Gasteiger partial charge is 0.380 e. The molecule has 2 saturated heterocycles. The van der Waals surface area contributed by atoms with Gasteiger partial charge in [0.1, 0.15) is 0 Å². The van der Waals surface area contributed by atoms with Crippen molar-refractivity contribution in [1.82, 2.24) is 14.4 Å². The van der Waals surface area contributed by atoms with Gasteiger partial charge in [-0.25, -0.2) is 0 Å². The fourth-order valence-corrected chi connectivity index (χ4v) is 6.25. The molecule has 2 atom stereocenters. The molecular formula is C23H31N3O2S. The van der Waals surface area contributed by atoms with E-state index in [1.807, 2.05) is 11.3 Å². The SMILES string of the molecule is Cc1ccsc1CN1C[C@@H]2C[C@H](C1)c1ccc(CN3CCCOCC3)c(=O)n1C2. The number of thiophene rings is 1. The predicted molar refractivity (Wildman–Crippen MR) is 117 cm³/mol. The topological polar surface area (TPSA) is 37.7 Å². The van der Waals surface area contributed by atoms with Crippen molar-refractivity contribution in [2.45, 2.75) is 45.3 Å². The first kappa shape index (κ1) is 19.5. The molecule has 6 heteroatoms. The average molecular weight is 414 g/mol. The first-order chi connectivity index (χ1) is 14.2. The van der Waals surface area contributed by atoms with Gasteiger partial charge in [-0.3, -0.25) is 14.6 Å². The number of rotatable bonds is 4. The molecule has 0 radical (unpaired) electrons. The Morgan fingerprint density at radius 1 is 1.07 bits per heavy atom. The van der Waals surface area contributed by atoms with Crippen LogP contribution in [0.1, 0.15) is 40.5 Å². The van der Waals surface area contributed by atoms with Crippen molar-refractivity contribution < 1.29 is 4.74 Å². The maximum Gasteiger partial charge on any atom is 0.255 e. The molecule has 5 heterocycles. The fraction of sp³-hybridized carbons (Fsp3) is 0.609. The molecule has 29 heavy (non-hydrogen) atoms. The number of fused-ring (bicyclic) bond motifs is 4. The van der Waals surface area contributed by atoms with E-state index in [-0.39, 0.29) is 5.56 Å². The molecule has 156 valence electrons. The summed E-state index contributed by atoms with van der Waals surface area (Å²) < 4.78 is 7.67. The van der Waals surface area contributed by atoms with Crippen LogP contribution >= 0.6 is 11.3 Å². The van der Waals surface area contributed by atoms with Crippen LogP contribution in [0.4, 0.5) is 0 Å². The van der Waals surface area contributed by atoms with E-state index in [9.17, 15) is 4.79 Å². The van der Waals surface area contributed by atoms with E-state index in [1.165, 1.54) is 22.6 Å². The molecule has 2 aromatic rings. The molecule has 5 nitrogen and oxygen atoms in total. The zero-order chi connectivity index (χ0) is 19.8. The maximum absolute atomic E-state index is 13.3. The van der Waals surface area contributed by atoms with Crippen LogP contribution in [0.15, 0.2) is 28.4 Å². The molecule has 0 N–H and O–H groups in total. The van der Waals surface area contributed by atoms with E-state index in [0.717, 1.165) is 71.0 Å². The number of aromatic nitrogens is 1. The van der Waals surface area contributed by atoms with Gasteiger partial charge in [0.05, 0.1) is 6.61 Å². The Labute approximate surface area is 176 Å². The molecule has 0 spiro atoms. The minimum absolute atomic E-state index is 0.241.